The Morgan fingerprint density at radius 3 is 2.68 bits per heavy atom. The number of hydrogen-bond donors (Lipinski definition) is 1. The molecule has 1 aliphatic rings. The zero-order valence-corrected chi connectivity index (χ0v) is 12.8. The lowest BCUT2D eigenvalue weighted by molar-refractivity contribution is 0.599. The molecule has 3 rings (SSSR count). The van der Waals surface area contributed by atoms with E-state index in [2.05, 4.69) is 24.9 Å². The fourth-order valence-corrected chi connectivity index (χ4v) is 3.31. The third kappa shape index (κ3) is 2.48. The number of hydrazone groups is 1. The Labute approximate surface area is 127 Å². The molecule has 1 aromatic heterocycles. The summed E-state index contributed by atoms with van der Waals surface area (Å²) in [6.45, 7) is 3.59. The van der Waals surface area contributed by atoms with Crippen molar-refractivity contribution >= 4 is 21.6 Å². The van der Waals surface area contributed by atoms with Crippen LogP contribution in [0.5, 0.6) is 0 Å². The Hall–Kier alpha value is -2.61. The van der Waals surface area contributed by atoms with E-state index in [9.17, 15) is 8.42 Å². The van der Waals surface area contributed by atoms with Crippen LogP contribution in [0.3, 0.4) is 0 Å². The summed E-state index contributed by atoms with van der Waals surface area (Å²) in [6, 6.07) is 6.61. The molecular formula is C14H13N5O2S. The first-order chi connectivity index (χ1) is 10.5. The van der Waals surface area contributed by atoms with Crippen molar-refractivity contribution in [3.63, 3.8) is 0 Å². The SMILES string of the molecule is CC(=NNC1=NS(=O)(=O)c2ccccc21)c1nccnc1C. The van der Waals surface area contributed by atoms with Gasteiger partial charge in [0.25, 0.3) is 10.0 Å². The van der Waals surface area contributed by atoms with Crippen LogP contribution in [0.2, 0.25) is 0 Å². The number of sulfonamides is 1. The van der Waals surface area contributed by atoms with Crippen molar-refractivity contribution in [2.45, 2.75) is 18.7 Å². The van der Waals surface area contributed by atoms with Gasteiger partial charge in [-0.05, 0) is 26.0 Å². The molecule has 2 heterocycles. The highest BCUT2D eigenvalue weighted by Gasteiger charge is 2.28. The molecule has 0 radical (unpaired) electrons. The number of hydrogen-bond acceptors (Lipinski definition) is 6. The summed E-state index contributed by atoms with van der Waals surface area (Å²) in [5.41, 5.74) is 5.20. The zero-order chi connectivity index (χ0) is 15.7. The molecule has 22 heavy (non-hydrogen) atoms. The summed E-state index contributed by atoms with van der Waals surface area (Å²) >= 11 is 0. The van der Waals surface area contributed by atoms with Gasteiger partial charge in [-0.15, -0.1) is 4.40 Å². The predicted octanol–water partition coefficient (Wildman–Crippen LogP) is 1.25. The van der Waals surface area contributed by atoms with E-state index in [1.807, 2.05) is 6.92 Å². The third-order valence-electron chi connectivity index (χ3n) is 3.18. The summed E-state index contributed by atoms with van der Waals surface area (Å²) in [6.07, 6.45) is 3.18. The number of amidine groups is 1. The van der Waals surface area contributed by atoms with E-state index in [1.165, 1.54) is 6.07 Å². The molecule has 8 heteroatoms. The minimum atomic E-state index is -3.65. The molecule has 0 saturated heterocycles. The minimum Gasteiger partial charge on any atom is -0.260 e. The van der Waals surface area contributed by atoms with E-state index in [1.54, 1.807) is 37.5 Å². The van der Waals surface area contributed by atoms with Crippen LogP contribution in [0.15, 0.2) is 51.1 Å². The first-order valence-electron chi connectivity index (χ1n) is 6.52. The molecule has 0 saturated carbocycles. The van der Waals surface area contributed by atoms with Crippen molar-refractivity contribution < 1.29 is 8.42 Å². The lowest BCUT2D eigenvalue weighted by atomic mass is 10.2. The van der Waals surface area contributed by atoms with Crippen LogP contribution in [0.25, 0.3) is 0 Å². The van der Waals surface area contributed by atoms with Gasteiger partial charge in [-0.2, -0.15) is 13.5 Å². The molecule has 7 nitrogen and oxygen atoms in total. The van der Waals surface area contributed by atoms with Gasteiger partial charge < -0.3 is 0 Å². The Kier molecular flexibility index (Phi) is 3.45. The molecule has 0 atom stereocenters. The van der Waals surface area contributed by atoms with Gasteiger partial charge >= 0.3 is 0 Å². The van der Waals surface area contributed by atoms with Crippen molar-refractivity contribution in [2.75, 3.05) is 0 Å². The molecule has 0 amide bonds. The zero-order valence-electron chi connectivity index (χ0n) is 12.0. The second-order valence-electron chi connectivity index (χ2n) is 4.71. The average Bonchev–Trinajstić information content (AvgIpc) is 2.77. The highest BCUT2D eigenvalue weighted by atomic mass is 32.2. The molecule has 0 aliphatic carbocycles. The highest BCUT2D eigenvalue weighted by Crippen LogP contribution is 2.24. The van der Waals surface area contributed by atoms with Crippen LogP contribution in [0.1, 0.15) is 23.9 Å². The molecule has 1 aliphatic heterocycles. The van der Waals surface area contributed by atoms with Gasteiger partial charge in [0, 0.05) is 18.0 Å². The standard InChI is InChI=1S/C14H13N5O2S/c1-9-13(16-8-7-15-9)10(2)17-18-14-11-5-3-4-6-12(11)22(20,21)19-14/h3-8H,1-2H3,(H,18,19). The van der Waals surface area contributed by atoms with Crippen LogP contribution in [0, 0.1) is 6.92 Å². The van der Waals surface area contributed by atoms with E-state index in [-0.39, 0.29) is 10.7 Å². The second kappa shape index (κ2) is 5.30. The summed E-state index contributed by atoms with van der Waals surface area (Å²) in [5, 5.41) is 4.17. The Balaban J connectivity index is 1.92. The Morgan fingerprint density at radius 2 is 1.91 bits per heavy atom. The Bertz CT molecular complexity index is 903. The van der Waals surface area contributed by atoms with Crippen molar-refractivity contribution in [3.05, 3.63) is 53.6 Å². The first-order valence-corrected chi connectivity index (χ1v) is 7.96. The van der Waals surface area contributed by atoms with Crippen LogP contribution in [0.4, 0.5) is 0 Å². The number of fused-ring (bicyclic) bond motifs is 1. The number of aromatic nitrogens is 2. The lowest BCUT2D eigenvalue weighted by Crippen LogP contribution is -2.19. The van der Waals surface area contributed by atoms with Crippen LogP contribution in [-0.2, 0) is 10.0 Å². The normalized spacial score (nSPS) is 16.1. The Morgan fingerprint density at radius 1 is 1.18 bits per heavy atom. The highest BCUT2D eigenvalue weighted by molar-refractivity contribution is 7.90. The largest absolute Gasteiger partial charge is 0.285 e. The van der Waals surface area contributed by atoms with Gasteiger partial charge in [0.05, 0.1) is 11.4 Å². The van der Waals surface area contributed by atoms with Gasteiger partial charge in [0.1, 0.15) is 10.6 Å². The quantitative estimate of drug-likeness (QED) is 0.664. The fraction of sp³-hybridized carbons (Fsp3) is 0.143. The maximum absolute atomic E-state index is 11.9. The first kappa shape index (κ1) is 14.3. The number of aryl methyl sites for hydroxylation is 1. The third-order valence-corrected chi connectivity index (χ3v) is 4.52. The van der Waals surface area contributed by atoms with E-state index in [0.717, 1.165) is 5.69 Å². The summed E-state index contributed by atoms with van der Waals surface area (Å²) in [5.74, 6) is 0.205. The van der Waals surface area contributed by atoms with Gasteiger partial charge in [-0.1, -0.05) is 12.1 Å². The van der Waals surface area contributed by atoms with Gasteiger partial charge in [0.2, 0.25) is 0 Å². The van der Waals surface area contributed by atoms with Gasteiger partial charge in [-0.3, -0.25) is 15.4 Å². The maximum Gasteiger partial charge on any atom is 0.285 e. The second-order valence-corrected chi connectivity index (χ2v) is 6.28. The molecule has 0 bridgehead atoms. The molecule has 1 N–H and O–H groups in total. The summed E-state index contributed by atoms with van der Waals surface area (Å²) in [4.78, 5) is 8.53. The topological polar surface area (TPSA) is 96.7 Å². The fourth-order valence-electron chi connectivity index (χ4n) is 2.14. The molecule has 2 aromatic rings. The van der Waals surface area contributed by atoms with Crippen molar-refractivity contribution in [1.82, 2.24) is 15.4 Å². The molecule has 0 fully saturated rings. The van der Waals surface area contributed by atoms with E-state index in [4.69, 9.17) is 0 Å². The summed E-state index contributed by atoms with van der Waals surface area (Å²) < 4.78 is 27.6. The molecule has 0 spiro atoms. The van der Waals surface area contributed by atoms with Crippen LogP contribution < -0.4 is 5.43 Å². The lowest BCUT2D eigenvalue weighted by Gasteiger charge is -2.04. The molecule has 112 valence electrons. The summed E-state index contributed by atoms with van der Waals surface area (Å²) in [7, 11) is -3.65. The van der Waals surface area contributed by atoms with E-state index < -0.39 is 10.0 Å². The smallest absolute Gasteiger partial charge is 0.260 e. The molecular weight excluding hydrogens is 302 g/mol. The van der Waals surface area contributed by atoms with Crippen molar-refractivity contribution in [1.29, 1.82) is 0 Å². The molecule has 0 unspecified atom stereocenters. The van der Waals surface area contributed by atoms with Crippen LogP contribution in [-0.4, -0.2) is 29.9 Å². The maximum atomic E-state index is 11.9. The van der Waals surface area contributed by atoms with Crippen molar-refractivity contribution in [3.8, 4) is 0 Å². The average molecular weight is 315 g/mol. The van der Waals surface area contributed by atoms with E-state index in [0.29, 0.717) is 17.0 Å². The van der Waals surface area contributed by atoms with Crippen LogP contribution >= 0.6 is 0 Å². The number of nitrogens with zero attached hydrogens (tertiary/aromatic N) is 4. The number of benzene rings is 1. The molecule has 1 aromatic carbocycles. The van der Waals surface area contributed by atoms with Gasteiger partial charge in [0.15, 0.2) is 5.84 Å². The van der Waals surface area contributed by atoms with Crippen molar-refractivity contribution in [2.24, 2.45) is 9.50 Å². The van der Waals surface area contributed by atoms with Gasteiger partial charge in [-0.25, -0.2) is 0 Å². The van der Waals surface area contributed by atoms with E-state index >= 15 is 0 Å². The predicted molar refractivity (Wildman–Crippen MR) is 82.3 cm³/mol. The monoisotopic (exact) mass is 315 g/mol. The minimum absolute atomic E-state index is 0.182. The number of rotatable bonds is 2. The number of nitrogens with one attached hydrogen (secondary N) is 1.